The molecule has 5 heterocycles. The molecule has 10 nitrogen and oxygen atoms in total. The van der Waals surface area contributed by atoms with Gasteiger partial charge in [-0.15, -0.1) is 0 Å². The number of anilines is 3. The van der Waals surface area contributed by atoms with Crippen molar-refractivity contribution in [2.24, 2.45) is 0 Å². The van der Waals surface area contributed by atoms with Gasteiger partial charge in [0, 0.05) is 43.6 Å². The van der Waals surface area contributed by atoms with Gasteiger partial charge >= 0.3 is 0 Å². The normalized spacial score (nSPS) is 25.7. The molecule has 0 unspecified atom stereocenters. The Labute approximate surface area is 219 Å². The smallest absolute Gasteiger partial charge is 0.270 e. The maximum atomic E-state index is 14.7. The van der Waals surface area contributed by atoms with Gasteiger partial charge in [-0.25, -0.2) is 18.7 Å². The van der Waals surface area contributed by atoms with E-state index in [9.17, 15) is 18.7 Å². The zero-order valence-corrected chi connectivity index (χ0v) is 21.6. The Morgan fingerprint density at radius 3 is 2.74 bits per heavy atom. The number of piperidine rings is 1. The van der Waals surface area contributed by atoms with Gasteiger partial charge in [0.15, 0.2) is 5.67 Å². The zero-order valence-electron chi connectivity index (χ0n) is 21.6. The van der Waals surface area contributed by atoms with E-state index in [1.807, 2.05) is 19.9 Å². The topological polar surface area (TPSA) is 128 Å². The highest BCUT2D eigenvalue weighted by atomic mass is 19.1. The molecule has 202 valence electrons. The second kappa shape index (κ2) is 10.3. The first-order chi connectivity index (χ1) is 18.1. The van der Waals surface area contributed by atoms with Crippen LogP contribution in [-0.2, 0) is 0 Å². The molecular weight excluding hydrogens is 494 g/mol. The van der Waals surface area contributed by atoms with E-state index in [2.05, 4.69) is 35.9 Å². The molecule has 12 heteroatoms. The lowest BCUT2D eigenvalue weighted by Crippen LogP contribution is -2.52. The largest absolute Gasteiger partial charge is 0.390 e. The Morgan fingerprint density at radius 1 is 1.21 bits per heavy atom. The maximum absolute atomic E-state index is 14.7. The fourth-order valence-electron chi connectivity index (χ4n) is 4.90. The Bertz CT molecular complexity index is 1340. The van der Waals surface area contributed by atoms with Gasteiger partial charge < -0.3 is 26.0 Å². The highest BCUT2D eigenvalue weighted by molar-refractivity contribution is 6.06. The summed E-state index contributed by atoms with van der Waals surface area (Å²) < 4.78 is 28.7. The Balaban J connectivity index is 1.42. The second-order valence-electron chi connectivity index (χ2n) is 10.5. The van der Waals surface area contributed by atoms with Crippen LogP contribution in [0.1, 0.15) is 49.2 Å². The molecule has 0 spiro atoms. The number of pyridine rings is 2. The third-order valence-electron chi connectivity index (χ3n) is 7.15. The van der Waals surface area contributed by atoms with Crippen molar-refractivity contribution >= 4 is 34.3 Å². The molecule has 0 radical (unpaired) electrons. The number of hydrogen-bond acceptors (Lipinski definition) is 9. The summed E-state index contributed by atoms with van der Waals surface area (Å²) in [6.07, 6.45) is 2.94. The van der Waals surface area contributed by atoms with Gasteiger partial charge in [-0.2, -0.15) is 4.98 Å². The number of nitrogens with zero attached hydrogens (tertiary/aromatic N) is 5. The summed E-state index contributed by atoms with van der Waals surface area (Å²) in [5.74, 6) is 0.993. The van der Waals surface area contributed by atoms with Crippen LogP contribution in [0.15, 0.2) is 30.7 Å². The minimum Gasteiger partial charge on any atom is -0.390 e. The number of rotatable bonds is 6. The average molecular weight is 527 g/mol. The van der Waals surface area contributed by atoms with Crippen molar-refractivity contribution in [3.8, 4) is 0 Å². The monoisotopic (exact) mass is 526 g/mol. The fraction of sp³-hybridized carbons (Fsp3) is 0.500. The molecule has 1 amide bonds. The summed E-state index contributed by atoms with van der Waals surface area (Å²) in [7, 11) is 0. The molecule has 0 aromatic carbocycles. The number of alkyl halides is 2. The van der Waals surface area contributed by atoms with Crippen LogP contribution >= 0.6 is 0 Å². The van der Waals surface area contributed by atoms with Crippen LogP contribution in [-0.4, -0.2) is 81.1 Å². The fourth-order valence-corrected chi connectivity index (χ4v) is 4.90. The Hall–Kier alpha value is -3.51. The van der Waals surface area contributed by atoms with E-state index >= 15 is 0 Å². The van der Waals surface area contributed by atoms with Crippen molar-refractivity contribution in [3.05, 3.63) is 42.0 Å². The molecule has 4 atom stereocenters. The van der Waals surface area contributed by atoms with E-state index < -0.39 is 29.9 Å². The Kier molecular flexibility index (Phi) is 7.10. The molecule has 2 aliphatic heterocycles. The van der Waals surface area contributed by atoms with Crippen molar-refractivity contribution in [1.82, 2.24) is 30.6 Å². The van der Waals surface area contributed by atoms with Crippen LogP contribution in [0, 0.1) is 0 Å². The number of fused-ring (bicyclic) bond motifs is 1. The molecule has 5 rings (SSSR count). The van der Waals surface area contributed by atoms with E-state index in [0.29, 0.717) is 36.1 Å². The molecule has 4 N–H and O–H groups in total. The van der Waals surface area contributed by atoms with E-state index in [1.54, 1.807) is 29.6 Å². The number of halogens is 2. The summed E-state index contributed by atoms with van der Waals surface area (Å²) in [4.78, 5) is 32.4. The molecule has 0 saturated carbocycles. The van der Waals surface area contributed by atoms with E-state index in [0.717, 1.165) is 10.9 Å². The number of aliphatic hydroxyl groups is 1. The summed E-state index contributed by atoms with van der Waals surface area (Å²) in [6, 6.07) is 2.90. The van der Waals surface area contributed by atoms with Crippen molar-refractivity contribution in [1.29, 1.82) is 0 Å². The number of nitrogens with one attached hydrogen (secondary N) is 3. The lowest BCUT2D eigenvalue weighted by Gasteiger charge is -2.38. The SMILES string of the molecule is CC(C)c1cnc(C(=O)N[C@@H]2CNC[C@@H]2F)c2cnc(Nc3ccnc(N4CC[C@@H](O)[C@@](C)(F)C4)n3)cc12. The minimum atomic E-state index is -1.75. The molecular formula is C26H32F2N8O2. The van der Waals surface area contributed by atoms with Crippen LogP contribution < -0.4 is 20.9 Å². The van der Waals surface area contributed by atoms with Crippen LogP contribution in [0.5, 0.6) is 0 Å². The number of amides is 1. The predicted octanol–water partition coefficient (Wildman–Crippen LogP) is 2.63. The van der Waals surface area contributed by atoms with E-state index in [1.165, 1.54) is 6.92 Å². The van der Waals surface area contributed by atoms with Crippen LogP contribution in [0.2, 0.25) is 0 Å². The van der Waals surface area contributed by atoms with Crippen LogP contribution in [0.3, 0.4) is 0 Å². The predicted molar refractivity (Wildman–Crippen MR) is 140 cm³/mol. The third-order valence-corrected chi connectivity index (χ3v) is 7.15. The summed E-state index contributed by atoms with van der Waals surface area (Å²) in [6.45, 7) is 6.44. The van der Waals surface area contributed by atoms with Gasteiger partial charge in [-0.1, -0.05) is 13.8 Å². The lowest BCUT2D eigenvalue weighted by atomic mass is 9.94. The molecule has 3 aromatic heterocycles. The molecule has 38 heavy (non-hydrogen) atoms. The number of aromatic nitrogens is 4. The highest BCUT2D eigenvalue weighted by Gasteiger charge is 2.39. The number of aliphatic hydroxyl groups excluding tert-OH is 1. The number of hydrogen-bond donors (Lipinski definition) is 4. The first-order valence-corrected chi connectivity index (χ1v) is 12.8. The highest BCUT2D eigenvalue weighted by Crippen LogP contribution is 2.30. The van der Waals surface area contributed by atoms with Crippen LogP contribution in [0.25, 0.3) is 10.8 Å². The quantitative estimate of drug-likeness (QED) is 0.383. The Morgan fingerprint density at radius 2 is 2.03 bits per heavy atom. The summed E-state index contributed by atoms with van der Waals surface area (Å²) in [5, 5.41) is 20.1. The maximum Gasteiger partial charge on any atom is 0.270 e. The molecule has 0 aliphatic carbocycles. The second-order valence-corrected chi connectivity index (χ2v) is 10.5. The van der Waals surface area contributed by atoms with Crippen molar-refractivity contribution in [2.45, 2.75) is 57.1 Å². The zero-order chi connectivity index (χ0) is 27.0. The average Bonchev–Trinajstić information content (AvgIpc) is 3.28. The van der Waals surface area contributed by atoms with Crippen molar-refractivity contribution in [3.63, 3.8) is 0 Å². The van der Waals surface area contributed by atoms with Gasteiger partial charge in [0.1, 0.15) is 23.5 Å². The minimum absolute atomic E-state index is 0.0124. The van der Waals surface area contributed by atoms with E-state index in [4.69, 9.17) is 0 Å². The van der Waals surface area contributed by atoms with Crippen molar-refractivity contribution in [2.75, 3.05) is 36.4 Å². The van der Waals surface area contributed by atoms with Gasteiger partial charge in [0.25, 0.3) is 5.91 Å². The first-order valence-electron chi connectivity index (χ1n) is 12.8. The first kappa shape index (κ1) is 26.1. The third kappa shape index (κ3) is 5.23. The molecule has 2 fully saturated rings. The van der Waals surface area contributed by atoms with Gasteiger partial charge in [0.2, 0.25) is 5.95 Å². The molecule has 2 aliphatic rings. The summed E-state index contributed by atoms with van der Waals surface area (Å²) in [5.41, 5.74) is -0.630. The molecule has 0 bridgehead atoms. The number of carbonyl (C=O) groups excluding carboxylic acids is 1. The van der Waals surface area contributed by atoms with Gasteiger partial charge in [0.05, 0.1) is 18.7 Å². The molecule has 3 aromatic rings. The lowest BCUT2D eigenvalue weighted by molar-refractivity contribution is -0.00860. The van der Waals surface area contributed by atoms with E-state index in [-0.39, 0.29) is 31.1 Å². The number of carbonyl (C=O) groups is 1. The van der Waals surface area contributed by atoms with Gasteiger partial charge in [-0.05, 0) is 42.3 Å². The van der Waals surface area contributed by atoms with Crippen LogP contribution in [0.4, 0.5) is 26.4 Å². The van der Waals surface area contributed by atoms with Gasteiger partial charge in [-0.3, -0.25) is 9.78 Å². The molecule has 2 saturated heterocycles. The standard InChI is InChI=1S/C26H32F2N8O2/c1-14(2)16-9-32-23(24(38)33-19-12-29-11-18(19)27)17-10-31-22(8-15(16)17)34-21-4-6-30-25(35-21)36-7-5-20(37)26(3,28)13-36/h4,6,8-10,14,18-20,29,37H,5,7,11-13H2,1-3H3,(H,33,38)(H,30,31,34,35)/t18-,19+,20+,26-/m0/s1. The van der Waals surface area contributed by atoms with Crippen molar-refractivity contribution < 1.29 is 18.7 Å². The summed E-state index contributed by atoms with van der Waals surface area (Å²) >= 11 is 0.